The summed E-state index contributed by atoms with van der Waals surface area (Å²) in [5.74, 6) is 0.550. The van der Waals surface area contributed by atoms with Crippen molar-refractivity contribution in [1.29, 1.82) is 0 Å². The zero-order valence-corrected chi connectivity index (χ0v) is 19.2. The van der Waals surface area contributed by atoms with Crippen LogP contribution in [0.3, 0.4) is 0 Å². The van der Waals surface area contributed by atoms with Gasteiger partial charge in [-0.2, -0.15) is 5.10 Å². The third kappa shape index (κ3) is 4.25. The van der Waals surface area contributed by atoms with Crippen LogP contribution in [0, 0.1) is 13.8 Å². The molecule has 1 aliphatic carbocycles. The fourth-order valence-corrected chi connectivity index (χ4v) is 4.87. The van der Waals surface area contributed by atoms with Crippen LogP contribution in [0.4, 0.5) is 11.4 Å². The van der Waals surface area contributed by atoms with Crippen LogP contribution in [0.25, 0.3) is 11.3 Å². The predicted molar refractivity (Wildman–Crippen MR) is 129 cm³/mol. The summed E-state index contributed by atoms with van der Waals surface area (Å²) in [7, 11) is 0. The summed E-state index contributed by atoms with van der Waals surface area (Å²) < 4.78 is 7.49. The Morgan fingerprint density at radius 2 is 1.88 bits per heavy atom. The van der Waals surface area contributed by atoms with Crippen LogP contribution in [-0.4, -0.2) is 22.9 Å². The number of benzene rings is 2. The fraction of sp³-hybridized carbons (Fsp3) is 0.320. The number of nitrogens with zero attached hydrogens (tertiary/aromatic N) is 3. The third-order valence-electron chi connectivity index (χ3n) is 5.98. The smallest absolute Gasteiger partial charge is 0.262 e. The van der Waals surface area contributed by atoms with E-state index in [4.69, 9.17) is 14.8 Å². The van der Waals surface area contributed by atoms with Gasteiger partial charge in [-0.1, -0.05) is 12.5 Å². The molecule has 0 atom stereocenters. The monoisotopic (exact) mass is 446 g/mol. The highest BCUT2D eigenvalue weighted by molar-refractivity contribution is 7.07. The van der Waals surface area contributed by atoms with E-state index in [1.165, 1.54) is 36.1 Å². The van der Waals surface area contributed by atoms with Gasteiger partial charge in [0.25, 0.3) is 5.91 Å². The van der Waals surface area contributed by atoms with Gasteiger partial charge in [-0.25, -0.2) is 9.67 Å². The highest BCUT2D eigenvalue weighted by atomic mass is 32.1. The Labute approximate surface area is 191 Å². The summed E-state index contributed by atoms with van der Waals surface area (Å²) >= 11 is 1.57. The van der Waals surface area contributed by atoms with Crippen molar-refractivity contribution in [3.8, 4) is 17.0 Å². The van der Waals surface area contributed by atoms with E-state index in [-0.39, 0.29) is 12.5 Å². The zero-order valence-electron chi connectivity index (χ0n) is 18.4. The zero-order chi connectivity index (χ0) is 22.1. The summed E-state index contributed by atoms with van der Waals surface area (Å²) in [6.07, 6.45) is 5.69. The molecule has 1 fully saturated rings. The van der Waals surface area contributed by atoms with Crippen LogP contribution in [-0.2, 0) is 4.79 Å². The van der Waals surface area contributed by atoms with E-state index in [0.717, 1.165) is 34.6 Å². The number of anilines is 1. The topological polar surface area (TPSA) is 68.0 Å². The molecule has 2 aromatic carbocycles. The predicted octanol–water partition coefficient (Wildman–Crippen LogP) is 5.56. The van der Waals surface area contributed by atoms with Crippen LogP contribution >= 0.6 is 11.3 Å². The first-order chi connectivity index (χ1) is 15.6. The van der Waals surface area contributed by atoms with E-state index >= 15 is 0 Å². The molecule has 1 aliphatic heterocycles. The molecule has 7 heteroatoms. The lowest BCUT2D eigenvalue weighted by Gasteiger charge is -2.18. The molecule has 1 aromatic heterocycles. The minimum Gasteiger partial charge on any atom is -0.482 e. The molecule has 1 amide bonds. The van der Waals surface area contributed by atoms with Gasteiger partial charge in [-0.05, 0) is 81.0 Å². The minimum atomic E-state index is -0.138. The average molecular weight is 447 g/mol. The standard InChI is InChI=1S/C25H26N4O2S/c1-16-8-10-20(12-17(16)2)26-25-29(28-19-6-4-3-5-7-19)22(15-32-25)18-9-11-23-21(13-18)27-24(30)14-31-23/h8-13,15H,3-7,14H2,1-2H3,(H,27,30). The van der Waals surface area contributed by atoms with E-state index in [2.05, 4.69) is 36.7 Å². The first kappa shape index (κ1) is 20.7. The van der Waals surface area contributed by atoms with Crippen molar-refractivity contribution in [2.75, 3.05) is 11.9 Å². The van der Waals surface area contributed by atoms with Crippen molar-refractivity contribution >= 4 is 34.3 Å². The largest absolute Gasteiger partial charge is 0.482 e. The second-order valence-corrected chi connectivity index (χ2v) is 9.21. The molecule has 5 rings (SSSR count). The Bertz CT molecular complexity index is 1280. The normalized spacial score (nSPS) is 16.4. The molecule has 0 bridgehead atoms. The van der Waals surface area contributed by atoms with Crippen LogP contribution in [0.5, 0.6) is 5.75 Å². The van der Waals surface area contributed by atoms with Crippen LogP contribution in [0.1, 0.15) is 43.2 Å². The number of fused-ring (bicyclic) bond motifs is 1. The maximum Gasteiger partial charge on any atom is 0.262 e. The van der Waals surface area contributed by atoms with Crippen molar-refractivity contribution < 1.29 is 9.53 Å². The van der Waals surface area contributed by atoms with Gasteiger partial charge in [-0.3, -0.25) is 4.79 Å². The third-order valence-corrected chi connectivity index (χ3v) is 6.80. The van der Waals surface area contributed by atoms with Crippen LogP contribution in [0.15, 0.2) is 51.9 Å². The molecule has 0 radical (unpaired) electrons. The van der Waals surface area contributed by atoms with Crippen molar-refractivity contribution in [2.45, 2.75) is 46.0 Å². The number of ether oxygens (including phenoxy) is 1. The number of thiazole rings is 1. The Morgan fingerprint density at radius 1 is 1.03 bits per heavy atom. The molecule has 164 valence electrons. The minimum absolute atomic E-state index is 0.0530. The highest BCUT2D eigenvalue weighted by Gasteiger charge is 2.18. The van der Waals surface area contributed by atoms with Gasteiger partial charge in [0.2, 0.25) is 4.80 Å². The van der Waals surface area contributed by atoms with Gasteiger partial charge < -0.3 is 10.1 Å². The first-order valence-corrected chi connectivity index (χ1v) is 11.9. The Balaban J connectivity index is 1.63. The molecule has 3 aromatic rings. The number of aryl methyl sites for hydroxylation is 2. The van der Waals surface area contributed by atoms with E-state index in [1.54, 1.807) is 11.3 Å². The molecular weight excluding hydrogens is 420 g/mol. The van der Waals surface area contributed by atoms with Crippen molar-refractivity contribution in [1.82, 2.24) is 4.68 Å². The lowest BCUT2D eigenvalue weighted by atomic mass is 9.99. The van der Waals surface area contributed by atoms with E-state index < -0.39 is 0 Å². The Hall–Kier alpha value is -3.19. The van der Waals surface area contributed by atoms with E-state index in [1.807, 2.05) is 28.9 Å². The summed E-state index contributed by atoms with van der Waals surface area (Å²) in [5, 5.41) is 10.0. The number of carbonyl (C=O) groups is 1. The maximum absolute atomic E-state index is 11.8. The van der Waals surface area contributed by atoms with Crippen LogP contribution < -0.4 is 14.9 Å². The summed E-state index contributed by atoms with van der Waals surface area (Å²) in [6.45, 7) is 4.27. The second-order valence-electron chi connectivity index (χ2n) is 8.37. The second kappa shape index (κ2) is 8.74. The number of hydrogen-bond donors (Lipinski definition) is 1. The number of rotatable bonds is 3. The quantitative estimate of drug-likeness (QED) is 0.572. The average Bonchev–Trinajstić information content (AvgIpc) is 3.18. The van der Waals surface area contributed by atoms with Crippen molar-refractivity contribution in [2.24, 2.45) is 10.1 Å². The molecule has 1 saturated carbocycles. The maximum atomic E-state index is 11.8. The van der Waals surface area contributed by atoms with Gasteiger partial charge in [0.15, 0.2) is 6.61 Å². The molecule has 2 aliphatic rings. The molecule has 0 unspecified atom stereocenters. The van der Waals surface area contributed by atoms with E-state index in [9.17, 15) is 4.79 Å². The van der Waals surface area contributed by atoms with Gasteiger partial charge in [0.05, 0.1) is 17.1 Å². The molecule has 0 saturated heterocycles. The van der Waals surface area contributed by atoms with Crippen molar-refractivity contribution in [3.63, 3.8) is 0 Å². The van der Waals surface area contributed by atoms with Gasteiger partial charge in [-0.15, -0.1) is 11.3 Å². The summed E-state index contributed by atoms with van der Waals surface area (Å²) in [6, 6.07) is 12.1. The fourth-order valence-electron chi connectivity index (χ4n) is 4.02. The molecule has 0 spiro atoms. The van der Waals surface area contributed by atoms with E-state index in [0.29, 0.717) is 11.4 Å². The molecular formula is C25H26N4O2S. The number of nitrogens with one attached hydrogen (secondary N) is 1. The molecule has 6 nitrogen and oxygen atoms in total. The number of aromatic nitrogens is 1. The molecule has 2 heterocycles. The SMILES string of the molecule is Cc1ccc(N=c2scc(-c3ccc4c(c3)NC(=O)CO4)n2N=C2CCCCC2)cc1C. The summed E-state index contributed by atoms with van der Waals surface area (Å²) in [5.41, 5.74) is 7.22. The lowest BCUT2D eigenvalue weighted by Crippen LogP contribution is -2.25. The number of hydrogen-bond acceptors (Lipinski definition) is 5. The molecule has 1 N–H and O–H groups in total. The van der Waals surface area contributed by atoms with Gasteiger partial charge >= 0.3 is 0 Å². The highest BCUT2D eigenvalue weighted by Crippen LogP contribution is 2.33. The summed E-state index contributed by atoms with van der Waals surface area (Å²) in [4.78, 5) is 17.6. The molecule has 32 heavy (non-hydrogen) atoms. The number of amides is 1. The lowest BCUT2D eigenvalue weighted by molar-refractivity contribution is -0.118. The van der Waals surface area contributed by atoms with Crippen molar-refractivity contribution in [3.05, 3.63) is 57.7 Å². The Kier molecular flexibility index (Phi) is 5.66. The first-order valence-electron chi connectivity index (χ1n) is 11.0. The van der Waals surface area contributed by atoms with Gasteiger partial charge in [0, 0.05) is 16.7 Å². The number of carbonyl (C=O) groups excluding carboxylic acids is 1. The van der Waals surface area contributed by atoms with Gasteiger partial charge in [0.1, 0.15) is 5.75 Å². The van der Waals surface area contributed by atoms with Crippen LogP contribution in [0.2, 0.25) is 0 Å². The Morgan fingerprint density at radius 3 is 2.69 bits per heavy atom.